The standard InChI is InChI=1S/C15H22ClNO/c1-11(2)10-18-14-7-6-13(16)8-12(14)9-17-15(3,4)5/h6-8,17H,1,9-10H2,2-5H3. The first-order valence-corrected chi connectivity index (χ1v) is 6.46. The molecule has 0 amide bonds. The van der Waals surface area contributed by atoms with Crippen LogP contribution in [0.5, 0.6) is 5.75 Å². The maximum absolute atomic E-state index is 6.03. The highest BCUT2D eigenvalue weighted by atomic mass is 35.5. The molecule has 0 aromatic heterocycles. The van der Waals surface area contributed by atoms with Gasteiger partial charge in [0, 0.05) is 22.7 Å². The highest BCUT2D eigenvalue weighted by Gasteiger charge is 2.11. The smallest absolute Gasteiger partial charge is 0.124 e. The Kier molecular flexibility index (Phi) is 5.24. The number of rotatable bonds is 5. The summed E-state index contributed by atoms with van der Waals surface area (Å²) >= 11 is 6.03. The van der Waals surface area contributed by atoms with Crippen LogP contribution in [-0.2, 0) is 6.54 Å². The van der Waals surface area contributed by atoms with Crippen molar-refractivity contribution in [2.45, 2.75) is 39.8 Å². The number of nitrogens with one attached hydrogen (secondary N) is 1. The minimum absolute atomic E-state index is 0.0634. The van der Waals surface area contributed by atoms with E-state index in [1.807, 2.05) is 25.1 Å². The molecule has 2 nitrogen and oxygen atoms in total. The van der Waals surface area contributed by atoms with E-state index in [0.717, 1.165) is 28.5 Å². The molecule has 3 heteroatoms. The Bertz CT molecular complexity index is 421. The zero-order chi connectivity index (χ0) is 13.8. The van der Waals surface area contributed by atoms with Crippen molar-refractivity contribution < 1.29 is 4.74 Å². The molecule has 0 spiro atoms. The van der Waals surface area contributed by atoms with Gasteiger partial charge in [-0.15, -0.1) is 0 Å². The Balaban J connectivity index is 2.79. The summed E-state index contributed by atoms with van der Waals surface area (Å²) in [5.41, 5.74) is 2.13. The van der Waals surface area contributed by atoms with E-state index in [1.165, 1.54) is 0 Å². The third-order valence-electron chi connectivity index (χ3n) is 2.31. The van der Waals surface area contributed by atoms with Gasteiger partial charge in [-0.05, 0) is 51.5 Å². The van der Waals surface area contributed by atoms with Crippen molar-refractivity contribution in [3.8, 4) is 5.75 Å². The SMILES string of the molecule is C=C(C)COc1ccc(Cl)cc1CNC(C)(C)C. The molecule has 0 atom stereocenters. The van der Waals surface area contributed by atoms with Gasteiger partial charge in [0.05, 0.1) is 0 Å². The predicted molar refractivity (Wildman–Crippen MR) is 78.4 cm³/mol. The van der Waals surface area contributed by atoms with Gasteiger partial charge in [-0.2, -0.15) is 0 Å². The molecular weight excluding hydrogens is 246 g/mol. The van der Waals surface area contributed by atoms with E-state index < -0.39 is 0 Å². The van der Waals surface area contributed by atoms with Crippen LogP contribution in [0.25, 0.3) is 0 Å². The van der Waals surface area contributed by atoms with Gasteiger partial charge in [-0.25, -0.2) is 0 Å². The maximum Gasteiger partial charge on any atom is 0.124 e. The summed E-state index contributed by atoms with van der Waals surface area (Å²) in [6, 6.07) is 5.69. The molecule has 18 heavy (non-hydrogen) atoms. The van der Waals surface area contributed by atoms with Crippen molar-refractivity contribution in [3.63, 3.8) is 0 Å². The van der Waals surface area contributed by atoms with Gasteiger partial charge < -0.3 is 10.1 Å². The first kappa shape index (κ1) is 15.1. The highest BCUT2D eigenvalue weighted by molar-refractivity contribution is 6.30. The van der Waals surface area contributed by atoms with Crippen molar-refractivity contribution in [1.82, 2.24) is 5.32 Å². The molecule has 0 saturated heterocycles. The summed E-state index contributed by atoms with van der Waals surface area (Å²) in [6.45, 7) is 13.4. The molecule has 1 aromatic carbocycles. The molecule has 1 rings (SSSR count). The topological polar surface area (TPSA) is 21.3 Å². The lowest BCUT2D eigenvalue weighted by Gasteiger charge is -2.22. The second-order valence-electron chi connectivity index (χ2n) is 5.60. The third-order valence-corrected chi connectivity index (χ3v) is 2.54. The van der Waals surface area contributed by atoms with Crippen LogP contribution < -0.4 is 10.1 Å². The van der Waals surface area contributed by atoms with Crippen LogP contribution in [-0.4, -0.2) is 12.1 Å². The van der Waals surface area contributed by atoms with Crippen molar-refractivity contribution in [1.29, 1.82) is 0 Å². The molecule has 0 aliphatic rings. The van der Waals surface area contributed by atoms with Crippen molar-refractivity contribution in [3.05, 3.63) is 40.9 Å². The fraction of sp³-hybridized carbons (Fsp3) is 0.467. The number of hydrogen-bond acceptors (Lipinski definition) is 2. The van der Waals surface area contributed by atoms with Gasteiger partial charge in [0.25, 0.3) is 0 Å². The van der Waals surface area contributed by atoms with Crippen LogP contribution in [0.4, 0.5) is 0 Å². The summed E-state index contributed by atoms with van der Waals surface area (Å²) in [4.78, 5) is 0. The van der Waals surface area contributed by atoms with E-state index in [-0.39, 0.29) is 5.54 Å². The Morgan fingerprint density at radius 2 is 2.06 bits per heavy atom. The lowest BCUT2D eigenvalue weighted by Crippen LogP contribution is -2.35. The minimum Gasteiger partial charge on any atom is -0.489 e. The summed E-state index contributed by atoms with van der Waals surface area (Å²) in [7, 11) is 0. The molecule has 0 heterocycles. The second-order valence-corrected chi connectivity index (χ2v) is 6.04. The highest BCUT2D eigenvalue weighted by Crippen LogP contribution is 2.23. The lowest BCUT2D eigenvalue weighted by molar-refractivity contribution is 0.343. The fourth-order valence-corrected chi connectivity index (χ4v) is 1.58. The Hall–Kier alpha value is -0.990. The molecule has 1 N–H and O–H groups in total. The molecule has 0 saturated carbocycles. The van der Waals surface area contributed by atoms with Gasteiger partial charge in [-0.3, -0.25) is 0 Å². The Morgan fingerprint density at radius 1 is 1.39 bits per heavy atom. The van der Waals surface area contributed by atoms with E-state index in [4.69, 9.17) is 16.3 Å². The molecule has 1 aromatic rings. The van der Waals surface area contributed by atoms with Crippen molar-refractivity contribution in [2.24, 2.45) is 0 Å². The van der Waals surface area contributed by atoms with Crippen molar-refractivity contribution >= 4 is 11.6 Å². The summed E-state index contributed by atoms with van der Waals surface area (Å²) < 4.78 is 5.72. The first-order valence-electron chi connectivity index (χ1n) is 6.08. The van der Waals surface area contributed by atoms with Gasteiger partial charge in [0.15, 0.2) is 0 Å². The maximum atomic E-state index is 6.03. The molecule has 0 aliphatic carbocycles. The van der Waals surface area contributed by atoms with E-state index in [0.29, 0.717) is 6.61 Å². The lowest BCUT2D eigenvalue weighted by atomic mass is 10.1. The summed E-state index contributed by atoms with van der Waals surface area (Å²) in [6.07, 6.45) is 0. The van der Waals surface area contributed by atoms with E-state index in [1.54, 1.807) is 0 Å². The van der Waals surface area contributed by atoms with Gasteiger partial charge in [0.1, 0.15) is 12.4 Å². The Labute approximate surface area is 115 Å². The van der Waals surface area contributed by atoms with Gasteiger partial charge in [-0.1, -0.05) is 18.2 Å². The third kappa shape index (κ3) is 5.56. The largest absolute Gasteiger partial charge is 0.489 e. The van der Waals surface area contributed by atoms with Crippen LogP contribution in [0.15, 0.2) is 30.4 Å². The molecule has 100 valence electrons. The van der Waals surface area contributed by atoms with E-state index >= 15 is 0 Å². The fourth-order valence-electron chi connectivity index (χ4n) is 1.39. The number of ether oxygens (including phenoxy) is 1. The minimum atomic E-state index is 0.0634. The Morgan fingerprint density at radius 3 is 2.61 bits per heavy atom. The second kappa shape index (κ2) is 6.26. The molecule has 0 fully saturated rings. The van der Waals surface area contributed by atoms with Crippen LogP contribution in [0, 0.1) is 0 Å². The van der Waals surface area contributed by atoms with E-state index in [9.17, 15) is 0 Å². The van der Waals surface area contributed by atoms with Crippen LogP contribution >= 0.6 is 11.6 Å². The molecule has 0 radical (unpaired) electrons. The summed E-state index contributed by atoms with van der Waals surface area (Å²) in [5.74, 6) is 0.860. The van der Waals surface area contributed by atoms with Crippen LogP contribution in [0.3, 0.4) is 0 Å². The van der Waals surface area contributed by atoms with E-state index in [2.05, 4.69) is 32.7 Å². The molecule has 0 aliphatic heterocycles. The average Bonchev–Trinajstić information content (AvgIpc) is 2.23. The monoisotopic (exact) mass is 267 g/mol. The molecule has 0 bridgehead atoms. The average molecular weight is 268 g/mol. The van der Waals surface area contributed by atoms with Gasteiger partial charge in [0.2, 0.25) is 0 Å². The number of benzene rings is 1. The normalized spacial score (nSPS) is 11.4. The zero-order valence-corrected chi connectivity index (χ0v) is 12.4. The van der Waals surface area contributed by atoms with Gasteiger partial charge >= 0.3 is 0 Å². The zero-order valence-electron chi connectivity index (χ0n) is 11.6. The molecular formula is C15H22ClNO. The van der Waals surface area contributed by atoms with Crippen LogP contribution in [0.2, 0.25) is 5.02 Å². The number of hydrogen-bond donors (Lipinski definition) is 1. The predicted octanol–water partition coefficient (Wildman–Crippen LogP) is 4.18. The number of halogens is 1. The summed E-state index contributed by atoms with van der Waals surface area (Å²) in [5, 5.41) is 4.16. The van der Waals surface area contributed by atoms with Crippen molar-refractivity contribution in [2.75, 3.05) is 6.61 Å². The quantitative estimate of drug-likeness (QED) is 0.808. The first-order chi connectivity index (χ1) is 8.28. The molecule has 0 unspecified atom stereocenters. The van der Waals surface area contributed by atoms with Crippen LogP contribution in [0.1, 0.15) is 33.3 Å².